The van der Waals surface area contributed by atoms with Crippen molar-refractivity contribution >= 4 is 16.7 Å². The summed E-state index contributed by atoms with van der Waals surface area (Å²) in [5, 5.41) is 10.7. The molecular weight excluding hydrogens is 671 g/mol. The number of ketones is 1. The van der Waals surface area contributed by atoms with Crippen LogP contribution in [0.4, 0.5) is 0 Å². The van der Waals surface area contributed by atoms with Crippen LogP contribution in [0.25, 0.3) is 33.3 Å². The molecule has 0 spiro atoms. The van der Waals surface area contributed by atoms with E-state index in [-0.39, 0.29) is 37.1 Å². The second kappa shape index (κ2) is 11.4. The van der Waals surface area contributed by atoms with Crippen molar-refractivity contribution in [3.8, 4) is 22.4 Å². The minimum Gasteiger partial charge on any atom is -0.512 e. The van der Waals surface area contributed by atoms with E-state index in [1.165, 1.54) is 44.8 Å². The number of aliphatic hydroxyl groups excluding tert-OH is 1. The number of carbonyl (C=O) groups excluding carboxylic acids is 1. The largest absolute Gasteiger partial charge is 0.512 e. The van der Waals surface area contributed by atoms with E-state index >= 15 is 0 Å². The molecular formula is C36H38IrNO2-. The summed E-state index contributed by atoms with van der Waals surface area (Å²) in [4.78, 5) is 16.4. The number of carbonyl (C=O) groups is 1. The third kappa shape index (κ3) is 6.14. The van der Waals surface area contributed by atoms with E-state index in [1.807, 2.05) is 41.5 Å². The maximum absolute atomic E-state index is 11.5. The van der Waals surface area contributed by atoms with Gasteiger partial charge in [0.05, 0.1) is 5.52 Å². The molecule has 0 unspecified atom stereocenters. The van der Waals surface area contributed by atoms with Crippen molar-refractivity contribution < 1.29 is 30.0 Å². The molecule has 0 fully saturated rings. The van der Waals surface area contributed by atoms with Crippen molar-refractivity contribution in [1.82, 2.24) is 4.98 Å². The van der Waals surface area contributed by atoms with Crippen molar-refractivity contribution in [2.24, 2.45) is 10.8 Å². The van der Waals surface area contributed by atoms with E-state index in [9.17, 15) is 9.90 Å². The molecule has 0 saturated heterocycles. The van der Waals surface area contributed by atoms with Crippen molar-refractivity contribution in [3.63, 3.8) is 0 Å². The Morgan fingerprint density at radius 3 is 2.12 bits per heavy atom. The summed E-state index contributed by atoms with van der Waals surface area (Å²) in [7, 11) is 0. The maximum atomic E-state index is 11.5. The molecule has 0 bridgehead atoms. The first-order valence-corrected chi connectivity index (χ1v) is 13.9. The normalized spacial score (nSPS) is 14.0. The molecule has 3 nitrogen and oxygen atoms in total. The molecule has 3 aromatic carbocycles. The number of hydrogen-bond donors (Lipinski definition) is 1. The van der Waals surface area contributed by atoms with E-state index in [4.69, 9.17) is 4.98 Å². The zero-order valence-corrected chi connectivity index (χ0v) is 26.7. The van der Waals surface area contributed by atoms with Crippen LogP contribution in [0.15, 0.2) is 72.5 Å². The van der Waals surface area contributed by atoms with Gasteiger partial charge in [0.2, 0.25) is 0 Å². The Labute approximate surface area is 252 Å². The number of fused-ring (bicyclic) bond motifs is 1. The van der Waals surface area contributed by atoms with Crippen molar-refractivity contribution in [3.05, 3.63) is 101 Å². The Kier molecular flexibility index (Phi) is 8.54. The van der Waals surface area contributed by atoms with Gasteiger partial charge in [0.25, 0.3) is 0 Å². The minimum atomic E-state index is -0.417. The first-order chi connectivity index (χ1) is 18.4. The van der Waals surface area contributed by atoms with Gasteiger partial charge in [0.15, 0.2) is 5.78 Å². The molecule has 1 N–H and O–H groups in total. The SMILES string of the molecule is CC(C)(C)C(=O)/C=C(\O)C(C)(C)C.[Ir].[c-]1c(-c2ccc3ccccc3n2)cc2c3c1CCc1cccc(c1-3)CC2. The van der Waals surface area contributed by atoms with E-state index < -0.39 is 5.41 Å². The summed E-state index contributed by atoms with van der Waals surface area (Å²) >= 11 is 0. The topological polar surface area (TPSA) is 50.2 Å². The Bertz CT molecular complexity index is 1550. The van der Waals surface area contributed by atoms with Gasteiger partial charge in [0, 0.05) is 37.0 Å². The van der Waals surface area contributed by atoms with Crippen LogP contribution in [0.3, 0.4) is 0 Å². The fraction of sp³-hybridized carbons (Fsp3) is 0.333. The molecule has 40 heavy (non-hydrogen) atoms. The van der Waals surface area contributed by atoms with Crippen molar-refractivity contribution in [2.75, 3.05) is 0 Å². The molecule has 209 valence electrons. The van der Waals surface area contributed by atoms with Crippen LogP contribution in [0.1, 0.15) is 63.8 Å². The van der Waals surface area contributed by atoms with Gasteiger partial charge in [-0.1, -0.05) is 101 Å². The van der Waals surface area contributed by atoms with Crippen LogP contribution >= 0.6 is 0 Å². The van der Waals surface area contributed by atoms with Gasteiger partial charge in [-0.3, -0.25) is 9.78 Å². The molecule has 1 radical (unpaired) electrons. The molecule has 0 atom stereocenters. The van der Waals surface area contributed by atoms with Crippen LogP contribution < -0.4 is 0 Å². The van der Waals surface area contributed by atoms with Gasteiger partial charge >= 0.3 is 0 Å². The number of nitrogens with zero attached hydrogens (tertiary/aromatic N) is 1. The number of benzene rings is 3. The van der Waals surface area contributed by atoms with Gasteiger partial charge in [-0.25, -0.2) is 0 Å². The van der Waals surface area contributed by atoms with Gasteiger partial charge in [-0.05, 0) is 54.0 Å². The average molecular weight is 709 g/mol. The van der Waals surface area contributed by atoms with Crippen LogP contribution in [-0.4, -0.2) is 15.9 Å². The molecule has 4 aromatic rings. The quantitative estimate of drug-likeness (QED) is 0.129. The van der Waals surface area contributed by atoms with Crippen molar-refractivity contribution in [1.29, 1.82) is 0 Å². The summed E-state index contributed by atoms with van der Waals surface area (Å²) in [6.07, 6.45) is 5.80. The standard InChI is InChI=1S/C25H18N.C11H20O2.Ir/c1-2-7-22-16(4-1)12-13-23(26-22)21-14-19-10-8-17-5-3-6-18-9-11-20(15-21)25(19)24(17)18;1-10(2,3)8(12)7-9(13)11(4,5)6;/h1-7,12-14H,8-11H2;7,12H,1-6H3;/q-1;;/b;8-7-;. The Balaban J connectivity index is 0.000000229. The molecule has 1 aromatic heterocycles. The first-order valence-electron chi connectivity index (χ1n) is 13.9. The van der Waals surface area contributed by atoms with Gasteiger partial charge < -0.3 is 5.11 Å². The Morgan fingerprint density at radius 2 is 1.45 bits per heavy atom. The summed E-state index contributed by atoms with van der Waals surface area (Å²) in [5.41, 5.74) is 11.3. The molecule has 2 aliphatic rings. The summed E-state index contributed by atoms with van der Waals surface area (Å²) in [6.45, 7) is 11.1. The molecule has 0 aliphatic heterocycles. The number of para-hydroxylation sites is 1. The first kappa shape index (κ1) is 29.9. The molecule has 1 heterocycles. The third-order valence-electron chi connectivity index (χ3n) is 7.67. The van der Waals surface area contributed by atoms with E-state index in [0.29, 0.717) is 0 Å². The molecule has 4 heteroatoms. The number of rotatable bonds is 2. The molecule has 2 aliphatic carbocycles. The van der Waals surface area contributed by atoms with E-state index in [2.05, 4.69) is 66.7 Å². The van der Waals surface area contributed by atoms with Crippen LogP contribution in [0, 0.1) is 16.9 Å². The Morgan fingerprint density at radius 1 is 0.800 bits per heavy atom. The van der Waals surface area contributed by atoms with Gasteiger partial charge in [-0.15, -0.1) is 28.8 Å². The van der Waals surface area contributed by atoms with Crippen LogP contribution in [0.2, 0.25) is 0 Å². The summed E-state index contributed by atoms with van der Waals surface area (Å²) in [6, 6.07) is 25.5. The number of pyridine rings is 1. The summed E-state index contributed by atoms with van der Waals surface area (Å²) < 4.78 is 0. The van der Waals surface area contributed by atoms with E-state index in [0.717, 1.165) is 42.5 Å². The number of aryl methyl sites for hydroxylation is 4. The summed E-state index contributed by atoms with van der Waals surface area (Å²) in [5.74, 6) is 0.104. The van der Waals surface area contributed by atoms with Gasteiger partial charge in [-0.2, -0.15) is 0 Å². The Hall–Kier alpha value is -3.07. The fourth-order valence-corrected chi connectivity index (χ4v) is 5.23. The zero-order chi connectivity index (χ0) is 27.9. The number of allylic oxidation sites excluding steroid dienone is 2. The zero-order valence-electron chi connectivity index (χ0n) is 24.3. The number of aromatic nitrogens is 1. The average Bonchev–Trinajstić information content (AvgIpc) is 2.90. The van der Waals surface area contributed by atoms with Crippen LogP contribution in [-0.2, 0) is 50.6 Å². The number of hydrogen-bond acceptors (Lipinski definition) is 3. The molecule has 6 rings (SSSR count). The second-order valence-electron chi connectivity index (χ2n) is 12.8. The third-order valence-corrected chi connectivity index (χ3v) is 7.67. The van der Waals surface area contributed by atoms with Crippen LogP contribution in [0.5, 0.6) is 0 Å². The molecule has 0 saturated carbocycles. The van der Waals surface area contributed by atoms with Crippen molar-refractivity contribution in [2.45, 2.75) is 67.2 Å². The number of aliphatic hydroxyl groups is 1. The predicted molar refractivity (Wildman–Crippen MR) is 161 cm³/mol. The predicted octanol–water partition coefficient (Wildman–Crippen LogP) is 8.65. The van der Waals surface area contributed by atoms with Gasteiger partial charge in [0.1, 0.15) is 5.76 Å². The monoisotopic (exact) mass is 709 g/mol. The minimum absolute atomic E-state index is 0. The molecule has 0 amide bonds. The maximum Gasteiger partial charge on any atom is 0.164 e. The second-order valence-corrected chi connectivity index (χ2v) is 12.8. The fourth-order valence-electron chi connectivity index (χ4n) is 5.23. The van der Waals surface area contributed by atoms with E-state index in [1.54, 1.807) is 0 Å². The smallest absolute Gasteiger partial charge is 0.164 e.